The van der Waals surface area contributed by atoms with Gasteiger partial charge < -0.3 is 15.4 Å². The predicted molar refractivity (Wildman–Crippen MR) is 57.0 cm³/mol. The molecule has 0 saturated heterocycles. The Bertz CT molecular complexity index is 162. The highest BCUT2D eigenvalue weighted by Crippen LogP contribution is 2.03. The first kappa shape index (κ1) is 13.4. The van der Waals surface area contributed by atoms with Crippen molar-refractivity contribution >= 4 is 5.91 Å². The zero-order chi connectivity index (χ0) is 11.0. The maximum Gasteiger partial charge on any atom is 0.222 e. The van der Waals surface area contributed by atoms with Crippen molar-refractivity contribution in [1.29, 1.82) is 0 Å². The topological polar surface area (TPSA) is 55.6 Å². The van der Waals surface area contributed by atoms with Gasteiger partial charge in [-0.3, -0.25) is 4.79 Å². The number of rotatable bonds is 7. The first-order valence-corrected chi connectivity index (χ1v) is 5.08. The van der Waals surface area contributed by atoms with Gasteiger partial charge in [0.25, 0.3) is 0 Å². The van der Waals surface area contributed by atoms with Crippen molar-refractivity contribution in [1.82, 2.24) is 4.90 Å². The lowest BCUT2D eigenvalue weighted by Crippen LogP contribution is -2.36. The van der Waals surface area contributed by atoms with Gasteiger partial charge in [0.1, 0.15) is 0 Å². The quantitative estimate of drug-likeness (QED) is 0.615. The van der Waals surface area contributed by atoms with Crippen LogP contribution in [-0.4, -0.2) is 44.2 Å². The summed E-state index contributed by atoms with van der Waals surface area (Å²) in [7, 11) is 3.47. The minimum Gasteiger partial charge on any atom is -0.385 e. The highest BCUT2D eigenvalue weighted by molar-refractivity contribution is 5.76. The van der Waals surface area contributed by atoms with Crippen LogP contribution in [0, 0.1) is 0 Å². The van der Waals surface area contributed by atoms with Gasteiger partial charge in [0, 0.05) is 33.2 Å². The molecule has 0 aromatic carbocycles. The molecule has 14 heavy (non-hydrogen) atoms. The van der Waals surface area contributed by atoms with Crippen molar-refractivity contribution in [2.24, 2.45) is 5.73 Å². The van der Waals surface area contributed by atoms with Gasteiger partial charge in [0.05, 0.1) is 0 Å². The molecule has 0 aliphatic rings. The van der Waals surface area contributed by atoms with E-state index in [-0.39, 0.29) is 11.9 Å². The SMILES string of the molecule is COCCCC(=O)N(C)C(C)CCN. The highest BCUT2D eigenvalue weighted by Gasteiger charge is 2.13. The summed E-state index contributed by atoms with van der Waals surface area (Å²) in [4.78, 5) is 13.3. The van der Waals surface area contributed by atoms with Crippen molar-refractivity contribution in [2.75, 3.05) is 27.3 Å². The van der Waals surface area contributed by atoms with E-state index in [1.54, 1.807) is 12.0 Å². The van der Waals surface area contributed by atoms with E-state index in [0.29, 0.717) is 19.6 Å². The lowest BCUT2D eigenvalue weighted by molar-refractivity contribution is -0.132. The largest absolute Gasteiger partial charge is 0.385 e. The average Bonchev–Trinajstić information content (AvgIpc) is 2.17. The van der Waals surface area contributed by atoms with E-state index >= 15 is 0 Å². The molecule has 0 aromatic heterocycles. The number of ether oxygens (including phenoxy) is 1. The first-order valence-electron chi connectivity index (χ1n) is 5.08. The molecule has 4 nitrogen and oxygen atoms in total. The van der Waals surface area contributed by atoms with Gasteiger partial charge in [0.2, 0.25) is 5.91 Å². The van der Waals surface area contributed by atoms with Crippen LogP contribution in [0.25, 0.3) is 0 Å². The summed E-state index contributed by atoms with van der Waals surface area (Å²) in [6.45, 7) is 3.28. The average molecular weight is 202 g/mol. The summed E-state index contributed by atoms with van der Waals surface area (Å²) < 4.78 is 4.89. The highest BCUT2D eigenvalue weighted by atomic mass is 16.5. The van der Waals surface area contributed by atoms with Crippen LogP contribution in [-0.2, 0) is 9.53 Å². The molecule has 4 heteroatoms. The summed E-state index contributed by atoms with van der Waals surface area (Å²) in [6.07, 6.45) is 2.20. The van der Waals surface area contributed by atoms with Crippen LogP contribution in [0.4, 0.5) is 0 Å². The maximum absolute atomic E-state index is 11.6. The van der Waals surface area contributed by atoms with Crippen LogP contribution in [0.2, 0.25) is 0 Å². The summed E-state index contributed by atoms with van der Waals surface area (Å²) in [5.74, 6) is 0.169. The van der Waals surface area contributed by atoms with Gasteiger partial charge in [-0.1, -0.05) is 0 Å². The van der Waals surface area contributed by atoms with Crippen LogP contribution >= 0.6 is 0 Å². The van der Waals surface area contributed by atoms with E-state index in [1.807, 2.05) is 14.0 Å². The fourth-order valence-electron chi connectivity index (χ4n) is 1.22. The van der Waals surface area contributed by atoms with Crippen LogP contribution in [0.1, 0.15) is 26.2 Å². The van der Waals surface area contributed by atoms with Crippen molar-refractivity contribution in [3.05, 3.63) is 0 Å². The number of nitrogens with zero attached hydrogens (tertiary/aromatic N) is 1. The minimum absolute atomic E-state index is 0.169. The van der Waals surface area contributed by atoms with Crippen molar-refractivity contribution in [3.63, 3.8) is 0 Å². The number of carbonyl (C=O) groups excluding carboxylic acids is 1. The van der Waals surface area contributed by atoms with E-state index in [0.717, 1.165) is 12.8 Å². The predicted octanol–water partition coefficient (Wildman–Crippen LogP) is 0.609. The van der Waals surface area contributed by atoms with Crippen LogP contribution in [0.3, 0.4) is 0 Å². The van der Waals surface area contributed by atoms with E-state index < -0.39 is 0 Å². The van der Waals surface area contributed by atoms with Gasteiger partial charge in [-0.15, -0.1) is 0 Å². The molecule has 0 spiro atoms. The number of methoxy groups -OCH3 is 1. The zero-order valence-electron chi connectivity index (χ0n) is 9.45. The molecule has 1 atom stereocenters. The smallest absolute Gasteiger partial charge is 0.222 e. The number of nitrogens with two attached hydrogens (primary N) is 1. The lowest BCUT2D eigenvalue weighted by atomic mass is 10.2. The van der Waals surface area contributed by atoms with E-state index in [2.05, 4.69) is 0 Å². The third-order valence-electron chi connectivity index (χ3n) is 2.38. The third kappa shape index (κ3) is 5.19. The fraction of sp³-hybridized carbons (Fsp3) is 0.900. The zero-order valence-corrected chi connectivity index (χ0v) is 9.45. The molecule has 0 bridgehead atoms. The van der Waals surface area contributed by atoms with Crippen LogP contribution in [0.15, 0.2) is 0 Å². The minimum atomic E-state index is 0.169. The van der Waals surface area contributed by atoms with Crippen LogP contribution in [0.5, 0.6) is 0 Å². The fourth-order valence-corrected chi connectivity index (χ4v) is 1.22. The summed E-state index contributed by atoms with van der Waals surface area (Å²) in [5.41, 5.74) is 5.43. The lowest BCUT2D eigenvalue weighted by Gasteiger charge is -2.24. The second kappa shape index (κ2) is 7.76. The molecular formula is C10H22N2O2. The molecular weight excluding hydrogens is 180 g/mol. The molecule has 0 aromatic rings. The summed E-state index contributed by atoms with van der Waals surface area (Å²) in [6, 6.07) is 0.232. The molecule has 1 amide bonds. The molecule has 1 unspecified atom stereocenters. The number of hydrogen-bond acceptors (Lipinski definition) is 3. The normalized spacial score (nSPS) is 12.6. The van der Waals surface area contributed by atoms with Gasteiger partial charge >= 0.3 is 0 Å². The first-order chi connectivity index (χ1) is 6.63. The Hall–Kier alpha value is -0.610. The number of carbonyl (C=O) groups is 1. The Morgan fingerprint density at radius 3 is 2.71 bits per heavy atom. The van der Waals surface area contributed by atoms with E-state index in [4.69, 9.17) is 10.5 Å². The second-order valence-corrected chi connectivity index (χ2v) is 3.53. The maximum atomic E-state index is 11.6. The summed E-state index contributed by atoms with van der Waals surface area (Å²) >= 11 is 0. The molecule has 0 saturated carbocycles. The molecule has 0 aliphatic heterocycles. The monoisotopic (exact) mass is 202 g/mol. The van der Waals surface area contributed by atoms with Gasteiger partial charge in [-0.05, 0) is 26.3 Å². The third-order valence-corrected chi connectivity index (χ3v) is 2.38. The molecule has 0 rings (SSSR count). The standard InChI is InChI=1S/C10H22N2O2/c1-9(6-7-11)12(2)10(13)5-4-8-14-3/h9H,4-8,11H2,1-3H3. The molecule has 84 valence electrons. The molecule has 0 fully saturated rings. The number of amides is 1. The molecule has 0 radical (unpaired) electrons. The second-order valence-electron chi connectivity index (χ2n) is 3.53. The number of hydrogen-bond donors (Lipinski definition) is 1. The molecule has 2 N–H and O–H groups in total. The van der Waals surface area contributed by atoms with Gasteiger partial charge in [-0.2, -0.15) is 0 Å². The molecule has 0 heterocycles. The van der Waals surface area contributed by atoms with Crippen molar-refractivity contribution in [2.45, 2.75) is 32.2 Å². The van der Waals surface area contributed by atoms with Gasteiger partial charge in [0.15, 0.2) is 0 Å². The Kier molecular flexibility index (Phi) is 7.42. The van der Waals surface area contributed by atoms with Crippen molar-refractivity contribution in [3.8, 4) is 0 Å². The van der Waals surface area contributed by atoms with Crippen molar-refractivity contribution < 1.29 is 9.53 Å². The van der Waals surface area contributed by atoms with E-state index in [9.17, 15) is 4.79 Å². The van der Waals surface area contributed by atoms with Gasteiger partial charge in [-0.25, -0.2) is 0 Å². The molecule has 0 aliphatic carbocycles. The Labute approximate surface area is 86.4 Å². The van der Waals surface area contributed by atoms with E-state index in [1.165, 1.54) is 0 Å². The summed E-state index contributed by atoms with van der Waals surface area (Å²) in [5, 5.41) is 0. The Morgan fingerprint density at radius 1 is 1.57 bits per heavy atom. The Morgan fingerprint density at radius 2 is 2.21 bits per heavy atom. The van der Waals surface area contributed by atoms with Crippen LogP contribution < -0.4 is 5.73 Å². The Balaban J connectivity index is 3.74.